The van der Waals surface area contributed by atoms with Crippen molar-refractivity contribution in [1.82, 2.24) is 5.32 Å². The Bertz CT molecular complexity index is 705. The zero-order valence-corrected chi connectivity index (χ0v) is 14.3. The predicted octanol–water partition coefficient (Wildman–Crippen LogP) is 2.69. The van der Waals surface area contributed by atoms with Gasteiger partial charge in [-0.25, -0.2) is 0 Å². The number of nitrogens with zero attached hydrogens (tertiary/aromatic N) is 1. The topological polar surface area (TPSA) is 75.4 Å². The second-order valence-electron chi connectivity index (χ2n) is 6.92. The number of nitrogens with one attached hydrogen (secondary N) is 1. The molecule has 2 amide bonds. The van der Waals surface area contributed by atoms with E-state index >= 15 is 0 Å². The molecule has 2 fully saturated rings. The molecule has 142 valence electrons. The molecule has 0 aromatic heterocycles. The van der Waals surface area contributed by atoms with Gasteiger partial charge in [0.05, 0.1) is 5.56 Å². The zero-order valence-electron chi connectivity index (χ0n) is 14.3. The van der Waals surface area contributed by atoms with Gasteiger partial charge in [0, 0.05) is 30.3 Å². The molecule has 3 N–H and O–H groups in total. The normalized spacial score (nSPS) is 23.5. The molecule has 2 aliphatic rings. The fourth-order valence-corrected chi connectivity index (χ4v) is 3.74. The summed E-state index contributed by atoms with van der Waals surface area (Å²) < 4.78 is 39.8. The molecule has 0 bridgehead atoms. The summed E-state index contributed by atoms with van der Waals surface area (Å²) in [5.74, 6) is -0.645. The maximum Gasteiger partial charge on any atom is 0.416 e. The van der Waals surface area contributed by atoms with Crippen LogP contribution in [0.5, 0.6) is 0 Å². The molecule has 3 rings (SSSR count). The first kappa shape index (κ1) is 18.7. The standard InChI is InChI=1S/C18H22F3N3O2/c19-18(20,21)13-7-12(8-14(9-13)24-6-2-5-16(24)25)17(26)23-15-4-1-3-11(15)10-22/h7-9,11,15H,1-6,10,22H2,(H,23,26). The minimum atomic E-state index is -4.60. The van der Waals surface area contributed by atoms with Crippen LogP contribution in [-0.4, -0.2) is 30.9 Å². The fraction of sp³-hybridized carbons (Fsp3) is 0.556. The molecule has 1 aliphatic carbocycles. The average Bonchev–Trinajstić information content (AvgIpc) is 3.22. The van der Waals surface area contributed by atoms with Gasteiger partial charge in [0.1, 0.15) is 0 Å². The van der Waals surface area contributed by atoms with Crippen molar-refractivity contribution in [2.75, 3.05) is 18.0 Å². The molecule has 0 radical (unpaired) electrons. The van der Waals surface area contributed by atoms with E-state index in [9.17, 15) is 22.8 Å². The molecular formula is C18H22F3N3O2. The molecule has 0 spiro atoms. The van der Waals surface area contributed by atoms with Gasteiger partial charge in [0.25, 0.3) is 5.91 Å². The van der Waals surface area contributed by atoms with E-state index in [0.29, 0.717) is 25.9 Å². The van der Waals surface area contributed by atoms with Crippen LogP contribution in [0, 0.1) is 5.92 Å². The number of carbonyl (C=O) groups is 2. The Labute approximate surface area is 149 Å². The van der Waals surface area contributed by atoms with Gasteiger partial charge in [-0.1, -0.05) is 6.42 Å². The molecule has 1 aromatic carbocycles. The highest BCUT2D eigenvalue weighted by atomic mass is 19.4. The van der Waals surface area contributed by atoms with Gasteiger partial charge in [0.2, 0.25) is 5.91 Å². The quantitative estimate of drug-likeness (QED) is 0.857. The van der Waals surface area contributed by atoms with E-state index in [1.165, 1.54) is 11.0 Å². The fourth-order valence-electron chi connectivity index (χ4n) is 3.74. The van der Waals surface area contributed by atoms with Crippen LogP contribution in [0.3, 0.4) is 0 Å². The highest BCUT2D eigenvalue weighted by Crippen LogP contribution is 2.34. The van der Waals surface area contributed by atoms with Crippen LogP contribution in [-0.2, 0) is 11.0 Å². The number of amides is 2. The Kier molecular flexibility index (Phi) is 5.22. The Hall–Kier alpha value is -2.09. The summed E-state index contributed by atoms with van der Waals surface area (Å²) in [6.45, 7) is 0.792. The van der Waals surface area contributed by atoms with Crippen molar-refractivity contribution in [2.24, 2.45) is 11.7 Å². The second kappa shape index (κ2) is 7.26. The van der Waals surface area contributed by atoms with Gasteiger partial charge in [-0.15, -0.1) is 0 Å². The van der Waals surface area contributed by atoms with Crippen LogP contribution < -0.4 is 16.0 Å². The van der Waals surface area contributed by atoms with E-state index in [4.69, 9.17) is 5.73 Å². The summed E-state index contributed by atoms with van der Waals surface area (Å²) >= 11 is 0. The van der Waals surface area contributed by atoms with E-state index in [-0.39, 0.29) is 29.1 Å². The highest BCUT2D eigenvalue weighted by Gasteiger charge is 2.34. The third-order valence-electron chi connectivity index (χ3n) is 5.17. The molecule has 1 aliphatic heterocycles. The van der Waals surface area contributed by atoms with Gasteiger partial charge in [-0.05, 0) is 49.9 Å². The van der Waals surface area contributed by atoms with Crippen molar-refractivity contribution in [1.29, 1.82) is 0 Å². The summed E-state index contributed by atoms with van der Waals surface area (Å²) in [5.41, 5.74) is 4.80. The van der Waals surface area contributed by atoms with Crippen LogP contribution >= 0.6 is 0 Å². The number of hydrogen-bond donors (Lipinski definition) is 2. The third-order valence-corrected chi connectivity index (χ3v) is 5.17. The van der Waals surface area contributed by atoms with Crippen molar-refractivity contribution in [3.05, 3.63) is 29.3 Å². The molecule has 1 aromatic rings. The smallest absolute Gasteiger partial charge is 0.349 e. The third kappa shape index (κ3) is 3.85. The lowest BCUT2D eigenvalue weighted by Crippen LogP contribution is -2.40. The number of hydrogen-bond acceptors (Lipinski definition) is 3. The van der Waals surface area contributed by atoms with Crippen LogP contribution in [0.4, 0.5) is 18.9 Å². The van der Waals surface area contributed by atoms with Crippen LogP contribution in [0.25, 0.3) is 0 Å². The van der Waals surface area contributed by atoms with Crippen molar-refractivity contribution in [2.45, 2.75) is 44.3 Å². The summed E-state index contributed by atoms with van der Waals surface area (Å²) in [7, 11) is 0. The number of nitrogens with two attached hydrogens (primary N) is 1. The summed E-state index contributed by atoms with van der Waals surface area (Å²) in [4.78, 5) is 25.8. The van der Waals surface area contributed by atoms with E-state index in [0.717, 1.165) is 31.4 Å². The van der Waals surface area contributed by atoms with E-state index in [1.54, 1.807) is 0 Å². The number of anilines is 1. The Morgan fingerprint density at radius 1 is 1.23 bits per heavy atom. The second-order valence-corrected chi connectivity index (χ2v) is 6.92. The largest absolute Gasteiger partial charge is 0.416 e. The van der Waals surface area contributed by atoms with Crippen molar-refractivity contribution >= 4 is 17.5 Å². The van der Waals surface area contributed by atoms with Gasteiger partial charge < -0.3 is 16.0 Å². The SMILES string of the molecule is NCC1CCCC1NC(=O)c1cc(N2CCCC2=O)cc(C(F)(F)F)c1. The van der Waals surface area contributed by atoms with Crippen LogP contribution in [0.2, 0.25) is 0 Å². The lowest BCUT2D eigenvalue weighted by atomic mass is 10.0. The van der Waals surface area contributed by atoms with Gasteiger partial charge in [0.15, 0.2) is 0 Å². The van der Waals surface area contributed by atoms with Crippen molar-refractivity contribution in [3.63, 3.8) is 0 Å². The summed E-state index contributed by atoms with van der Waals surface area (Å²) in [5, 5.41) is 2.81. The molecule has 1 saturated heterocycles. The molecule has 2 atom stereocenters. The Morgan fingerprint density at radius 2 is 2.00 bits per heavy atom. The maximum atomic E-state index is 13.3. The first-order chi connectivity index (χ1) is 12.3. The summed E-state index contributed by atoms with van der Waals surface area (Å²) in [6, 6.07) is 3.00. The Morgan fingerprint density at radius 3 is 2.62 bits per heavy atom. The number of alkyl halides is 3. The average molecular weight is 369 g/mol. The first-order valence-electron chi connectivity index (χ1n) is 8.83. The van der Waals surface area contributed by atoms with Gasteiger partial charge in [-0.2, -0.15) is 13.2 Å². The monoisotopic (exact) mass is 369 g/mol. The summed E-state index contributed by atoms with van der Waals surface area (Å²) in [6.07, 6.45) is -1.10. The first-order valence-corrected chi connectivity index (χ1v) is 8.83. The Balaban J connectivity index is 1.90. The number of halogens is 3. The van der Waals surface area contributed by atoms with Gasteiger partial charge in [-0.3, -0.25) is 9.59 Å². The molecular weight excluding hydrogens is 347 g/mol. The zero-order chi connectivity index (χ0) is 18.9. The van der Waals surface area contributed by atoms with Crippen molar-refractivity contribution < 1.29 is 22.8 Å². The van der Waals surface area contributed by atoms with Crippen molar-refractivity contribution in [3.8, 4) is 0 Å². The van der Waals surface area contributed by atoms with E-state index in [2.05, 4.69) is 5.32 Å². The molecule has 1 heterocycles. The number of rotatable bonds is 4. The number of benzene rings is 1. The lowest BCUT2D eigenvalue weighted by Gasteiger charge is -2.22. The van der Waals surface area contributed by atoms with Crippen LogP contribution in [0.15, 0.2) is 18.2 Å². The van der Waals surface area contributed by atoms with E-state index < -0.39 is 17.6 Å². The minimum absolute atomic E-state index is 0.0859. The highest BCUT2D eigenvalue weighted by molar-refractivity contribution is 5.99. The molecule has 8 heteroatoms. The molecule has 1 saturated carbocycles. The predicted molar refractivity (Wildman–Crippen MR) is 90.7 cm³/mol. The number of carbonyl (C=O) groups excluding carboxylic acids is 2. The maximum absolute atomic E-state index is 13.3. The lowest BCUT2D eigenvalue weighted by molar-refractivity contribution is -0.137. The molecule has 2 unspecified atom stereocenters. The molecule has 5 nitrogen and oxygen atoms in total. The minimum Gasteiger partial charge on any atom is -0.349 e. The van der Waals surface area contributed by atoms with Gasteiger partial charge >= 0.3 is 6.18 Å². The van der Waals surface area contributed by atoms with Crippen LogP contribution in [0.1, 0.15) is 48.0 Å². The molecule has 26 heavy (non-hydrogen) atoms. The van der Waals surface area contributed by atoms with E-state index in [1.807, 2.05) is 0 Å².